The lowest BCUT2D eigenvalue weighted by Crippen LogP contribution is -2.00. The van der Waals surface area contributed by atoms with Gasteiger partial charge in [0.05, 0.1) is 11.2 Å². The number of rotatable bonds is 4. The summed E-state index contributed by atoms with van der Waals surface area (Å²) in [5.74, 6) is 1.80. The molecule has 7 aromatic carbocycles. The van der Waals surface area contributed by atoms with Crippen LogP contribution < -0.4 is 0 Å². The van der Waals surface area contributed by atoms with Crippen LogP contribution in [0.3, 0.4) is 0 Å². The van der Waals surface area contributed by atoms with E-state index in [4.69, 9.17) is 24.4 Å². The molecule has 0 fully saturated rings. The van der Waals surface area contributed by atoms with E-state index in [1.54, 1.807) is 0 Å². The predicted octanol–water partition coefficient (Wildman–Crippen LogP) is 12.5. The molecule has 0 N–H and O–H groups in total. The van der Waals surface area contributed by atoms with Gasteiger partial charge in [-0.05, 0) is 42.5 Å². The minimum atomic E-state index is 0.592. The third-order valence-corrected chi connectivity index (χ3v) is 11.0. The van der Waals surface area contributed by atoms with E-state index in [1.807, 2.05) is 78.1 Å². The van der Waals surface area contributed by atoms with Gasteiger partial charge in [-0.25, -0.2) is 19.9 Å². The maximum absolute atomic E-state index is 6.26. The van der Waals surface area contributed by atoms with Crippen LogP contribution in [0.4, 0.5) is 0 Å². The second kappa shape index (κ2) is 11.4. The van der Waals surface area contributed by atoms with Gasteiger partial charge in [-0.3, -0.25) is 0 Å². The van der Waals surface area contributed by atoms with E-state index in [0.717, 1.165) is 66.2 Å². The van der Waals surface area contributed by atoms with E-state index >= 15 is 0 Å². The average Bonchev–Trinajstić information content (AvgIpc) is 3.79. The van der Waals surface area contributed by atoms with E-state index in [0.29, 0.717) is 17.5 Å². The van der Waals surface area contributed by atoms with Crippen LogP contribution in [0.1, 0.15) is 0 Å². The molecule has 0 amide bonds. The van der Waals surface area contributed by atoms with Gasteiger partial charge in [-0.1, -0.05) is 115 Å². The van der Waals surface area contributed by atoms with Crippen molar-refractivity contribution in [2.75, 3.05) is 0 Å². The number of nitrogens with zero attached hydrogens (tertiary/aromatic N) is 4. The fourth-order valence-corrected chi connectivity index (χ4v) is 8.68. The highest BCUT2D eigenvalue weighted by Gasteiger charge is 2.20. The highest BCUT2D eigenvalue weighted by Crippen LogP contribution is 2.44. The van der Waals surface area contributed by atoms with Crippen LogP contribution in [0.5, 0.6) is 0 Å². The Morgan fingerprint density at radius 3 is 1.92 bits per heavy atom. The number of fused-ring (bicyclic) bond motifs is 10. The summed E-state index contributed by atoms with van der Waals surface area (Å²) in [6, 6.07) is 54.3. The highest BCUT2D eigenvalue weighted by molar-refractivity contribution is 7.26. The molecular weight excluding hydrogens is 657 g/mol. The molecule has 4 heterocycles. The molecule has 6 heteroatoms. The van der Waals surface area contributed by atoms with Crippen LogP contribution in [-0.4, -0.2) is 19.9 Å². The first-order chi connectivity index (χ1) is 25.8. The molecule has 0 aliphatic heterocycles. The second-order valence-electron chi connectivity index (χ2n) is 13.0. The topological polar surface area (TPSA) is 64.7 Å². The molecule has 0 saturated carbocycles. The van der Waals surface area contributed by atoms with Crippen molar-refractivity contribution in [1.82, 2.24) is 19.9 Å². The maximum Gasteiger partial charge on any atom is 0.164 e. The standard InChI is InChI=1S/C46H26N4OS/c1-3-12-27(13-4-1)43-32-23-25-39-42(31-17-8-10-21-38(31)52-39)41(32)34-26-29(22-24-35(34)47-43)45-48-44(28-14-5-2-6-15-28)49-46(50-45)33-18-11-20-37-40(33)30-16-7-9-19-36(30)51-37/h1-26H. The largest absolute Gasteiger partial charge is 0.456 e. The Bertz CT molecular complexity index is 3190. The zero-order valence-corrected chi connectivity index (χ0v) is 28.4. The Balaban J connectivity index is 1.21. The number of pyridine rings is 1. The number of aromatic nitrogens is 4. The number of benzene rings is 7. The van der Waals surface area contributed by atoms with Gasteiger partial charge in [-0.15, -0.1) is 11.3 Å². The average molecular weight is 683 g/mol. The zero-order chi connectivity index (χ0) is 34.2. The normalized spacial score (nSPS) is 11.8. The summed E-state index contributed by atoms with van der Waals surface area (Å²) < 4.78 is 8.77. The van der Waals surface area contributed by atoms with Crippen LogP contribution in [-0.2, 0) is 0 Å². The van der Waals surface area contributed by atoms with Crippen molar-refractivity contribution in [2.45, 2.75) is 0 Å². The number of thiophene rings is 1. The Morgan fingerprint density at radius 2 is 1.08 bits per heavy atom. The van der Waals surface area contributed by atoms with Gasteiger partial charge < -0.3 is 4.42 Å². The summed E-state index contributed by atoms with van der Waals surface area (Å²) in [7, 11) is 0. The molecule has 0 spiro atoms. The molecule has 11 rings (SSSR count). The van der Waals surface area contributed by atoms with Gasteiger partial charge in [0.2, 0.25) is 0 Å². The van der Waals surface area contributed by atoms with Crippen LogP contribution in [0.25, 0.3) is 109 Å². The summed E-state index contributed by atoms with van der Waals surface area (Å²) in [5.41, 5.74) is 7.33. The molecule has 242 valence electrons. The SMILES string of the molecule is c1ccc(-c2nc(-c3ccc4nc(-c5ccccc5)c5ccc6sc7ccccc7c6c5c4c3)nc(-c3cccc4oc5ccccc5c34)n2)cc1. The third-order valence-electron chi connectivity index (χ3n) is 9.91. The summed E-state index contributed by atoms with van der Waals surface area (Å²) in [6.07, 6.45) is 0. The van der Waals surface area contributed by atoms with E-state index in [2.05, 4.69) is 91.0 Å². The molecule has 0 aliphatic rings. The number of furan rings is 1. The second-order valence-corrected chi connectivity index (χ2v) is 14.1. The van der Waals surface area contributed by atoms with Crippen molar-refractivity contribution < 1.29 is 4.42 Å². The highest BCUT2D eigenvalue weighted by atomic mass is 32.1. The van der Waals surface area contributed by atoms with Gasteiger partial charge in [-0.2, -0.15) is 0 Å². The van der Waals surface area contributed by atoms with Crippen LogP contribution in [0, 0.1) is 0 Å². The molecule has 0 saturated heterocycles. The van der Waals surface area contributed by atoms with Crippen molar-refractivity contribution in [1.29, 1.82) is 0 Å². The molecule has 11 aromatic rings. The number of hydrogen-bond acceptors (Lipinski definition) is 6. The number of para-hydroxylation sites is 1. The molecular formula is C46H26N4OS. The minimum Gasteiger partial charge on any atom is -0.456 e. The summed E-state index contributed by atoms with van der Waals surface area (Å²) in [5, 5.41) is 7.88. The van der Waals surface area contributed by atoms with E-state index in [1.165, 1.54) is 25.6 Å². The van der Waals surface area contributed by atoms with Gasteiger partial charge in [0.1, 0.15) is 11.2 Å². The Morgan fingerprint density at radius 1 is 0.385 bits per heavy atom. The van der Waals surface area contributed by atoms with E-state index < -0.39 is 0 Å². The van der Waals surface area contributed by atoms with Crippen molar-refractivity contribution in [3.05, 3.63) is 158 Å². The lowest BCUT2D eigenvalue weighted by atomic mass is 9.95. The van der Waals surface area contributed by atoms with Gasteiger partial charge in [0.25, 0.3) is 0 Å². The molecule has 0 atom stereocenters. The minimum absolute atomic E-state index is 0.592. The van der Waals surface area contributed by atoms with Crippen LogP contribution >= 0.6 is 11.3 Å². The summed E-state index contributed by atoms with van der Waals surface area (Å²) >= 11 is 1.83. The quantitative estimate of drug-likeness (QED) is 0.173. The van der Waals surface area contributed by atoms with Crippen LogP contribution in [0.2, 0.25) is 0 Å². The monoisotopic (exact) mass is 682 g/mol. The first-order valence-corrected chi connectivity index (χ1v) is 18.0. The lowest BCUT2D eigenvalue weighted by Gasteiger charge is -2.13. The van der Waals surface area contributed by atoms with Crippen molar-refractivity contribution in [3.8, 4) is 45.4 Å². The molecule has 0 aliphatic carbocycles. The van der Waals surface area contributed by atoms with Gasteiger partial charge in [0, 0.05) is 69.4 Å². The number of hydrogen-bond donors (Lipinski definition) is 0. The van der Waals surface area contributed by atoms with E-state index in [-0.39, 0.29) is 0 Å². The molecule has 4 aromatic heterocycles. The van der Waals surface area contributed by atoms with Crippen molar-refractivity contribution in [2.24, 2.45) is 0 Å². The molecule has 0 radical (unpaired) electrons. The smallest absolute Gasteiger partial charge is 0.164 e. The Kier molecular flexibility index (Phi) is 6.35. The molecule has 0 bridgehead atoms. The lowest BCUT2D eigenvalue weighted by molar-refractivity contribution is 0.669. The third kappa shape index (κ3) is 4.48. The molecule has 5 nitrogen and oxygen atoms in total. The first kappa shape index (κ1) is 29.0. The maximum atomic E-state index is 6.26. The zero-order valence-electron chi connectivity index (χ0n) is 27.6. The van der Waals surface area contributed by atoms with Gasteiger partial charge in [0.15, 0.2) is 17.5 Å². The first-order valence-electron chi connectivity index (χ1n) is 17.2. The van der Waals surface area contributed by atoms with Gasteiger partial charge >= 0.3 is 0 Å². The fraction of sp³-hybridized carbons (Fsp3) is 0. The Labute approximate surface area is 301 Å². The molecule has 52 heavy (non-hydrogen) atoms. The fourth-order valence-electron chi connectivity index (χ4n) is 7.57. The van der Waals surface area contributed by atoms with Crippen LogP contribution in [0.15, 0.2) is 162 Å². The summed E-state index contributed by atoms with van der Waals surface area (Å²) in [4.78, 5) is 20.7. The van der Waals surface area contributed by atoms with Crippen molar-refractivity contribution >= 4 is 75.1 Å². The Hall–Kier alpha value is -6.76. The predicted molar refractivity (Wildman–Crippen MR) is 215 cm³/mol. The van der Waals surface area contributed by atoms with E-state index in [9.17, 15) is 0 Å². The molecule has 0 unspecified atom stereocenters. The summed E-state index contributed by atoms with van der Waals surface area (Å²) in [6.45, 7) is 0. The van der Waals surface area contributed by atoms with Crippen molar-refractivity contribution in [3.63, 3.8) is 0 Å².